The Balaban J connectivity index is 2.68. The van der Waals surface area contributed by atoms with Crippen molar-refractivity contribution in [3.05, 3.63) is 45.7 Å². The van der Waals surface area contributed by atoms with Crippen LogP contribution in [0.15, 0.2) is 28.7 Å². The summed E-state index contributed by atoms with van der Waals surface area (Å²) in [7, 11) is 0. The molecule has 0 amide bonds. The number of nitriles is 1. The second-order valence-electron chi connectivity index (χ2n) is 3.61. The summed E-state index contributed by atoms with van der Waals surface area (Å²) in [5.74, 6) is 0. The minimum atomic E-state index is 0.620. The molecule has 0 aliphatic heterocycles. The Morgan fingerprint density at radius 1 is 1.31 bits per heavy atom. The van der Waals surface area contributed by atoms with E-state index in [0.717, 1.165) is 21.5 Å². The Morgan fingerprint density at radius 3 is 2.62 bits per heavy atom. The van der Waals surface area contributed by atoms with Crippen LogP contribution in [0.5, 0.6) is 0 Å². The minimum absolute atomic E-state index is 0.620. The van der Waals surface area contributed by atoms with Gasteiger partial charge in [0.05, 0.1) is 16.9 Å². The molecule has 3 nitrogen and oxygen atoms in total. The molecule has 0 N–H and O–H groups in total. The number of halogens is 1. The highest BCUT2D eigenvalue weighted by atomic mass is 79.9. The molecule has 0 unspecified atom stereocenters. The Hall–Kier alpha value is -1.60. The number of nitrogens with zero attached hydrogens (tertiary/aromatic N) is 3. The van der Waals surface area contributed by atoms with Crippen LogP contribution < -0.4 is 0 Å². The highest BCUT2D eigenvalue weighted by Crippen LogP contribution is 2.21. The van der Waals surface area contributed by atoms with Gasteiger partial charge in [0.25, 0.3) is 0 Å². The summed E-state index contributed by atoms with van der Waals surface area (Å²) in [5.41, 5.74) is 3.39. The molecule has 1 aromatic carbocycles. The van der Waals surface area contributed by atoms with E-state index >= 15 is 0 Å². The van der Waals surface area contributed by atoms with E-state index in [1.807, 2.05) is 32.0 Å². The predicted octanol–water partition coefficient (Wildman–Crippen LogP) is 3.12. The molecule has 1 aromatic heterocycles. The van der Waals surface area contributed by atoms with Gasteiger partial charge >= 0.3 is 0 Å². The van der Waals surface area contributed by atoms with Crippen molar-refractivity contribution in [2.45, 2.75) is 13.8 Å². The van der Waals surface area contributed by atoms with Gasteiger partial charge in [-0.05, 0) is 38.1 Å². The second-order valence-corrected chi connectivity index (χ2v) is 4.53. The third-order valence-corrected chi connectivity index (χ3v) is 2.81. The summed E-state index contributed by atoms with van der Waals surface area (Å²) >= 11 is 3.40. The molecule has 0 saturated carbocycles. The number of hydrogen-bond acceptors (Lipinski definition) is 2. The van der Waals surface area contributed by atoms with Gasteiger partial charge in [-0.3, -0.25) is 0 Å². The van der Waals surface area contributed by atoms with Gasteiger partial charge in [0, 0.05) is 10.2 Å². The van der Waals surface area contributed by atoms with Gasteiger partial charge in [0.1, 0.15) is 6.07 Å². The van der Waals surface area contributed by atoms with Gasteiger partial charge in [-0.1, -0.05) is 15.9 Å². The molecular weight excluding hydrogens is 266 g/mol. The summed E-state index contributed by atoms with van der Waals surface area (Å²) in [4.78, 5) is 0. The molecule has 0 aliphatic carbocycles. The van der Waals surface area contributed by atoms with Crippen LogP contribution in [-0.2, 0) is 0 Å². The van der Waals surface area contributed by atoms with E-state index in [-0.39, 0.29) is 0 Å². The molecule has 1 heterocycles. The third-order valence-electron chi connectivity index (χ3n) is 2.32. The van der Waals surface area contributed by atoms with Crippen molar-refractivity contribution in [1.82, 2.24) is 9.78 Å². The zero-order valence-corrected chi connectivity index (χ0v) is 10.6. The lowest BCUT2D eigenvalue weighted by molar-refractivity contribution is 0.830. The molecular formula is C12H10BrN3. The maximum atomic E-state index is 9.06. The van der Waals surface area contributed by atoms with E-state index in [4.69, 9.17) is 5.26 Å². The number of rotatable bonds is 1. The van der Waals surface area contributed by atoms with Crippen LogP contribution in [0, 0.1) is 25.2 Å². The van der Waals surface area contributed by atoms with Crippen LogP contribution in [-0.4, -0.2) is 9.78 Å². The van der Waals surface area contributed by atoms with Crippen LogP contribution in [0.2, 0.25) is 0 Å². The lowest BCUT2D eigenvalue weighted by atomic mass is 10.2. The Morgan fingerprint density at radius 2 is 2.06 bits per heavy atom. The fourth-order valence-electron chi connectivity index (χ4n) is 1.65. The summed E-state index contributed by atoms with van der Waals surface area (Å²) in [5, 5.41) is 13.4. The number of aryl methyl sites for hydroxylation is 2. The maximum Gasteiger partial charge on any atom is 0.101 e. The first kappa shape index (κ1) is 10.9. The van der Waals surface area contributed by atoms with Gasteiger partial charge in [0.15, 0.2) is 0 Å². The van der Waals surface area contributed by atoms with Crippen molar-refractivity contribution in [1.29, 1.82) is 5.26 Å². The Kier molecular flexibility index (Phi) is 2.80. The molecule has 0 spiro atoms. The molecule has 0 aliphatic rings. The van der Waals surface area contributed by atoms with Crippen molar-refractivity contribution in [3.8, 4) is 11.8 Å². The normalized spacial score (nSPS) is 10.1. The van der Waals surface area contributed by atoms with Gasteiger partial charge in [-0.25, -0.2) is 4.68 Å². The number of hydrogen-bond donors (Lipinski definition) is 0. The Labute approximate surface area is 102 Å². The summed E-state index contributed by atoms with van der Waals surface area (Å²) in [6, 6.07) is 9.71. The van der Waals surface area contributed by atoms with Crippen molar-refractivity contribution >= 4 is 15.9 Å². The average molecular weight is 276 g/mol. The fourth-order valence-corrected chi connectivity index (χ4v) is 2.00. The van der Waals surface area contributed by atoms with Crippen molar-refractivity contribution in [3.63, 3.8) is 0 Å². The third kappa shape index (κ3) is 1.86. The molecule has 0 bridgehead atoms. The zero-order chi connectivity index (χ0) is 11.7. The van der Waals surface area contributed by atoms with E-state index in [1.54, 1.807) is 10.7 Å². The van der Waals surface area contributed by atoms with Crippen LogP contribution in [0.3, 0.4) is 0 Å². The van der Waals surface area contributed by atoms with Crippen molar-refractivity contribution in [2.24, 2.45) is 0 Å². The number of benzene rings is 1. The van der Waals surface area contributed by atoms with E-state index in [2.05, 4.69) is 27.1 Å². The lowest BCUT2D eigenvalue weighted by Crippen LogP contribution is -2.01. The molecule has 0 saturated heterocycles. The Bertz CT molecular complexity index is 578. The standard InChI is InChI=1S/C12H10BrN3/c1-8-5-9(2)16(15-8)12-6-11(13)4-3-10(12)7-14/h3-6H,1-2H3. The van der Waals surface area contributed by atoms with Crippen LogP contribution in [0.1, 0.15) is 17.0 Å². The SMILES string of the molecule is Cc1cc(C)n(-c2cc(Br)ccc2C#N)n1. The van der Waals surface area contributed by atoms with E-state index < -0.39 is 0 Å². The molecule has 0 radical (unpaired) electrons. The average Bonchev–Trinajstić information content (AvgIpc) is 2.57. The highest BCUT2D eigenvalue weighted by molar-refractivity contribution is 9.10. The first-order chi connectivity index (χ1) is 7.61. The molecule has 2 rings (SSSR count). The van der Waals surface area contributed by atoms with E-state index in [1.165, 1.54) is 0 Å². The second kappa shape index (κ2) is 4.11. The molecule has 80 valence electrons. The van der Waals surface area contributed by atoms with E-state index in [0.29, 0.717) is 5.56 Å². The largest absolute Gasteiger partial charge is 0.236 e. The smallest absolute Gasteiger partial charge is 0.101 e. The summed E-state index contributed by atoms with van der Waals surface area (Å²) < 4.78 is 2.73. The minimum Gasteiger partial charge on any atom is -0.236 e. The van der Waals surface area contributed by atoms with Crippen molar-refractivity contribution in [2.75, 3.05) is 0 Å². The van der Waals surface area contributed by atoms with Gasteiger partial charge in [-0.15, -0.1) is 0 Å². The quantitative estimate of drug-likeness (QED) is 0.803. The van der Waals surface area contributed by atoms with Gasteiger partial charge < -0.3 is 0 Å². The van der Waals surface area contributed by atoms with Crippen LogP contribution in [0.25, 0.3) is 5.69 Å². The predicted molar refractivity (Wildman–Crippen MR) is 65.5 cm³/mol. The molecule has 2 aromatic rings. The topological polar surface area (TPSA) is 41.6 Å². The van der Waals surface area contributed by atoms with Crippen LogP contribution in [0.4, 0.5) is 0 Å². The van der Waals surface area contributed by atoms with E-state index in [9.17, 15) is 0 Å². The molecule has 0 atom stereocenters. The maximum absolute atomic E-state index is 9.06. The first-order valence-electron chi connectivity index (χ1n) is 4.85. The highest BCUT2D eigenvalue weighted by Gasteiger charge is 2.09. The fraction of sp³-hybridized carbons (Fsp3) is 0.167. The summed E-state index contributed by atoms with van der Waals surface area (Å²) in [6.07, 6.45) is 0. The molecule has 0 fully saturated rings. The molecule has 16 heavy (non-hydrogen) atoms. The van der Waals surface area contributed by atoms with Gasteiger partial charge in [0.2, 0.25) is 0 Å². The zero-order valence-electron chi connectivity index (χ0n) is 9.03. The molecule has 4 heteroatoms. The first-order valence-corrected chi connectivity index (χ1v) is 5.64. The van der Waals surface area contributed by atoms with Gasteiger partial charge in [-0.2, -0.15) is 10.4 Å². The number of aromatic nitrogens is 2. The monoisotopic (exact) mass is 275 g/mol. The summed E-state index contributed by atoms with van der Waals surface area (Å²) in [6.45, 7) is 3.91. The van der Waals surface area contributed by atoms with Crippen molar-refractivity contribution < 1.29 is 0 Å². The van der Waals surface area contributed by atoms with Crippen LogP contribution >= 0.6 is 15.9 Å². The lowest BCUT2D eigenvalue weighted by Gasteiger charge is -2.06.